The molecule has 0 bridgehead atoms. The van der Waals surface area contributed by atoms with Crippen LogP contribution in [-0.2, 0) is 10.0 Å². The Morgan fingerprint density at radius 1 is 1.40 bits per heavy atom. The highest BCUT2D eigenvalue weighted by molar-refractivity contribution is 7.89. The minimum atomic E-state index is -3.60. The van der Waals surface area contributed by atoms with E-state index in [9.17, 15) is 8.42 Å². The lowest BCUT2D eigenvalue weighted by Gasteiger charge is -2.23. The number of sulfonamides is 1. The van der Waals surface area contributed by atoms with E-state index in [2.05, 4.69) is 9.62 Å². The van der Waals surface area contributed by atoms with Crippen molar-refractivity contribution in [3.63, 3.8) is 0 Å². The number of rotatable bonds is 5. The maximum atomic E-state index is 12.2. The maximum absolute atomic E-state index is 12.2. The number of nitrogens with one attached hydrogen (secondary N) is 1. The Balaban J connectivity index is 2.03. The van der Waals surface area contributed by atoms with Crippen LogP contribution in [0.15, 0.2) is 23.1 Å². The molecule has 1 aromatic rings. The van der Waals surface area contributed by atoms with Crippen LogP contribution >= 0.6 is 11.6 Å². The molecule has 7 heteroatoms. The number of nitrogens with two attached hydrogens (primary N) is 1. The summed E-state index contributed by atoms with van der Waals surface area (Å²) in [4.78, 5) is 2.36. The Morgan fingerprint density at radius 3 is 2.65 bits per heavy atom. The highest BCUT2D eigenvalue weighted by Crippen LogP contribution is 2.23. The number of likely N-dealkylation sites (tertiary alicyclic amines) is 1. The van der Waals surface area contributed by atoms with Gasteiger partial charge in [-0.1, -0.05) is 11.6 Å². The van der Waals surface area contributed by atoms with Crippen molar-refractivity contribution in [1.29, 1.82) is 0 Å². The summed E-state index contributed by atoms with van der Waals surface area (Å²) in [6, 6.07) is 4.59. The molecule has 20 heavy (non-hydrogen) atoms. The Kier molecular flexibility index (Phi) is 4.90. The van der Waals surface area contributed by atoms with Gasteiger partial charge in [0.25, 0.3) is 0 Å². The molecule has 0 saturated carbocycles. The van der Waals surface area contributed by atoms with Crippen LogP contribution in [0.4, 0.5) is 5.69 Å². The van der Waals surface area contributed by atoms with Crippen LogP contribution < -0.4 is 10.5 Å². The van der Waals surface area contributed by atoms with E-state index >= 15 is 0 Å². The second-order valence-electron chi connectivity index (χ2n) is 5.13. The lowest BCUT2D eigenvalue weighted by Crippen LogP contribution is -2.40. The van der Waals surface area contributed by atoms with Crippen molar-refractivity contribution in [2.45, 2.75) is 30.7 Å². The van der Waals surface area contributed by atoms with Gasteiger partial charge in [-0.3, -0.25) is 4.90 Å². The second kappa shape index (κ2) is 6.30. The van der Waals surface area contributed by atoms with Gasteiger partial charge in [-0.15, -0.1) is 0 Å². The standard InChI is InChI=1S/C13H20ClN3O2S/c1-10(17-6-2-3-7-17)9-16-20(18,19)13-5-4-11(15)8-12(13)14/h4-5,8,10,16H,2-3,6-7,9,15H2,1H3. The van der Waals surface area contributed by atoms with Crippen LogP contribution in [0.1, 0.15) is 19.8 Å². The first-order chi connectivity index (χ1) is 9.40. The van der Waals surface area contributed by atoms with Gasteiger partial charge in [-0.2, -0.15) is 0 Å². The number of hydrogen-bond acceptors (Lipinski definition) is 4. The minimum absolute atomic E-state index is 0.0713. The van der Waals surface area contributed by atoms with Crippen molar-refractivity contribution in [1.82, 2.24) is 9.62 Å². The highest BCUT2D eigenvalue weighted by atomic mass is 35.5. The van der Waals surface area contributed by atoms with Crippen molar-refractivity contribution >= 4 is 27.3 Å². The minimum Gasteiger partial charge on any atom is -0.399 e. The van der Waals surface area contributed by atoms with Crippen LogP contribution in [-0.4, -0.2) is 39.0 Å². The van der Waals surface area contributed by atoms with Gasteiger partial charge in [0, 0.05) is 18.3 Å². The van der Waals surface area contributed by atoms with Gasteiger partial charge in [0.15, 0.2) is 0 Å². The molecule has 3 N–H and O–H groups in total. The number of hydrogen-bond donors (Lipinski definition) is 2. The zero-order valence-corrected chi connectivity index (χ0v) is 13.0. The quantitative estimate of drug-likeness (QED) is 0.810. The molecule has 1 atom stereocenters. The molecule has 0 aliphatic carbocycles. The molecular weight excluding hydrogens is 298 g/mol. The Hall–Kier alpha value is -0.820. The van der Waals surface area contributed by atoms with Gasteiger partial charge in [0.2, 0.25) is 10.0 Å². The number of benzene rings is 1. The second-order valence-corrected chi connectivity index (χ2v) is 7.28. The molecule has 0 aromatic heterocycles. The van der Waals surface area contributed by atoms with Gasteiger partial charge < -0.3 is 5.73 Å². The van der Waals surface area contributed by atoms with Crippen LogP contribution in [0.3, 0.4) is 0 Å². The third kappa shape index (κ3) is 3.63. The molecule has 1 heterocycles. The third-order valence-corrected chi connectivity index (χ3v) is 5.48. The van der Waals surface area contributed by atoms with Crippen LogP contribution in [0.2, 0.25) is 5.02 Å². The molecule has 1 unspecified atom stereocenters. The molecule has 1 aliphatic rings. The van der Waals surface area contributed by atoms with Gasteiger partial charge in [-0.05, 0) is 51.1 Å². The summed E-state index contributed by atoms with van der Waals surface area (Å²) in [5.74, 6) is 0. The molecular formula is C13H20ClN3O2S. The SMILES string of the molecule is CC(CNS(=O)(=O)c1ccc(N)cc1Cl)N1CCCC1. The fourth-order valence-corrected chi connectivity index (χ4v) is 4.03. The molecule has 0 amide bonds. The summed E-state index contributed by atoms with van der Waals surface area (Å²) in [6.45, 7) is 4.47. The lowest BCUT2D eigenvalue weighted by molar-refractivity contribution is 0.260. The van der Waals surface area contributed by atoms with Gasteiger partial charge in [0.1, 0.15) is 4.90 Å². The van der Waals surface area contributed by atoms with E-state index in [1.807, 2.05) is 6.92 Å². The smallest absolute Gasteiger partial charge is 0.242 e. The highest BCUT2D eigenvalue weighted by Gasteiger charge is 2.22. The Morgan fingerprint density at radius 2 is 2.05 bits per heavy atom. The van der Waals surface area contributed by atoms with Gasteiger partial charge >= 0.3 is 0 Å². The van der Waals surface area contributed by atoms with E-state index in [1.165, 1.54) is 31.0 Å². The van der Waals surface area contributed by atoms with Crippen molar-refractivity contribution in [2.75, 3.05) is 25.4 Å². The van der Waals surface area contributed by atoms with Crippen LogP contribution in [0, 0.1) is 0 Å². The number of nitrogens with zero attached hydrogens (tertiary/aromatic N) is 1. The zero-order chi connectivity index (χ0) is 14.8. The summed E-state index contributed by atoms with van der Waals surface area (Å²) >= 11 is 5.95. The predicted molar refractivity (Wildman–Crippen MR) is 81.3 cm³/mol. The summed E-state index contributed by atoms with van der Waals surface area (Å²) in [5, 5.41) is 0.145. The molecule has 1 aromatic carbocycles. The first-order valence-corrected chi connectivity index (χ1v) is 8.55. The fourth-order valence-electron chi connectivity index (χ4n) is 2.35. The van der Waals surface area contributed by atoms with Crippen molar-refractivity contribution in [3.05, 3.63) is 23.2 Å². The van der Waals surface area contributed by atoms with Crippen LogP contribution in [0.5, 0.6) is 0 Å². The molecule has 0 radical (unpaired) electrons. The van der Waals surface area contributed by atoms with E-state index in [0.29, 0.717) is 12.2 Å². The topological polar surface area (TPSA) is 75.4 Å². The van der Waals surface area contributed by atoms with Gasteiger partial charge in [0.05, 0.1) is 5.02 Å². The molecule has 1 saturated heterocycles. The Labute approximate surface area is 125 Å². The first kappa shape index (κ1) is 15.6. The van der Waals surface area contributed by atoms with E-state index in [4.69, 9.17) is 17.3 Å². The van der Waals surface area contributed by atoms with E-state index in [0.717, 1.165) is 13.1 Å². The van der Waals surface area contributed by atoms with Crippen molar-refractivity contribution < 1.29 is 8.42 Å². The summed E-state index contributed by atoms with van der Waals surface area (Å²) in [7, 11) is -3.60. The maximum Gasteiger partial charge on any atom is 0.242 e. The van der Waals surface area contributed by atoms with Crippen LogP contribution in [0.25, 0.3) is 0 Å². The Bertz CT molecular complexity index is 571. The molecule has 0 spiro atoms. The molecule has 5 nitrogen and oxygen atoms in total. The molecule has 2 rings (SSSR count). The molecule has 1 fully saturated rings. The number of halogens is 1. The van der Waals surface area contributed by atoms with E-state index in [-0.39, 0.29) is 16.0 Å². The predicted octanol–water partition coefficient (Wildman–Crippen LogP) is 1.68. The number of nitrogen functional groups attached to an aromatic ring is 1. The van der Waals surface area contributed by atoms with Crippen molar-refractivity contribution in [2.24, 2.45) is 0 Å². The third-order valence-electron chi connectivity index (χ3n) is 3.58. The van der Waals surface area contributed by atoms with E-state index < -0.39 is 10.0 Å². The van der Waals surface area contributed by atoms with Crippen molar-refractivity contribution in [3.8, 4) is 0 Å². The number of anilines is 1. The summed E-state index contributed by atoms with van der Waals surface area (Å²) < 4.78 is 27.1. The first-order valence-electron chi connectivity index (χ1n) is 6.69. The lowest BCUT2D eigenvalue weighted by atomic mass is 10.3. The summed E-state index contributed by atoms with van der Waals surface area (Å²) in [5.41, 5.74) is 6.01. The monoisotopic (exact) mass is 317 g/mol. The summed E-state index contributed by atoms with van der Waals surface area (Å²) in [6.07, 6.45) is 2.36. The van der Waals surface area contributed by atoms with Gasteiger partial charge in [-0.25, -0.2) is 13.1 Å². The average molecular weight is 318 g/mol. The molecule has 1 aliphatic heterocycles. The normalized spacial score (nSPS) is 18.3. The average Bonchev–Trinajstić information content (AvgIpc) is 2.89. The fraction of sp³-hybridized carbons (Fsp3) is 0.538. The molecule has 112 valence electrons. The van der Waals surface area contributed by atoms with E-state index in [1.54, 1.807) is 0 Å². The zero-order valence-electron chi connectivity index (χ0n) is 11.5. The largest absolute Gasteiger partial charge is 0.399 e.